The summed E-state index contributed by atoms with van der Waals surface area (Å²) >= 11 is 5.94. The number of nitrogen functional groups attached to an aromatic ring is 1. The summed E-state index contributed by atoms with van der Waals surface area (Å²) in [6.07, 6.45) is 1.13. The molecule has 0 spiro atoms. The van der Waals surface area contributed by atoms with E-state index < -0.39 is 0 Å². The first kappa shape index (κ1) is 9.97. The van der Waals surface area contributed by atoms with Crippen molar-refractivity contribution < 1.29 is 4.42 Å². The van der Waals surface area contributed by atoms with Gasteiger partial charge >= 0.3 is 0 Å². The Morgan fingerprint density at radius 2 is 2.19 bits per heavy atom. The summed E-state index contributed by atoms with van der Waals surface area (Å²) in [6, 6.07) is 3.50. The van der Waals surface area contributed by atoms with Crippen LogP contribution in [0.4, 0.5) is 5.69 Å². The number of fused-ring (bicyclic) bond motifs is 1. The second-order valence-electron chi connectivity index (χ2n) is 5.14. The lowest BCUT2D eigenvalue weighted by Gasteiger charge is -1.96. The highest BCUT2D eigenvalue weighted by molar-refractivity contribution is 6.33. The lowest BCUT2D eigenvalue weighted by molar-refractivity contribution is 0.493. The SMILES string of the molecule is CC1(C)CC1c1nc2cc(Cl)c(N)cc2o1. The van der Waals surface area contributed by atoms with Crippen LogP contribution in [0.2, 0.25) is 5.02 Å². The predicted octanol–water partition coefficient (Wildman–Crippen LogP) is 3.58. The van der Waals surface area contributed by atoms with Crippen molar-refractivity contribution in [2.75, 3.05) is 5.73 Å². The zero-order valence-electron chi connectivity index (χ0n) is 9.25. The summed E-state index contributed by atoms with van der Waals surface area (Å²) in [4.78, 5) is 4.47. The maximum absolute atomic E-state index is 5.94. The van der Waals surface area contributed by atoms with Gasteiger partial charge in [0.1, 0.15) is 5.52 Å². The zero-order chi connectivity index (χ0) is 11.5. The molecular formula is C12H13ClN2O. The molecule has 0 aliphatic heterocycles. The molecule has 3 nitrogen and oxygen atoms in total. The van der Waals surface area contributed by atoms with E-state index in [1.54, 1.807) is 12.1 Å². The smallest absolute Gasteiger partial charge is 0.199 e. The van der Waals surface area contributed by atoms with Crippen LogP contribution in [0.15, 0.2) is 16.5 Å². The molecule has 1 heterocycles. The van der Waals surface area contributed by atoms with Crippen LogP contribution in [0.5, 0.6) is 0 Å². The molecular weight excluding hydrogens is 224 g/mol. The minimum absolute atomic E-state index is 0.316. The molecule has 0 bridgehead atoms. The summed E-state index contributed by atoms with van der Waals surface area (Å²) in [7, 11) is 0. The molecule has 0 saturated heterocycles. The number of aromatic nitrogens is 1. The monoisotopic (exact) mass is 236 g/mol. The zero-order valence-corrected chi connectivity index (χ0v) is 10.0. The standard InChI is InChI=1S/C12H13ClN2O/c1-12(2)5-6(12)11-15-9-3-7(13)8(14)4-10(9)16-11/h3-4,6H,5,14H2,1-2H3. The van der Waals surface area contributed by atoms with E-state index in [1.807, 2.05) is 0 Å². The molecule has 2 N–H and O–H groups in total. The quantitative estimate of drug-likeness (QED) is 0.770. The second kappa shape index (κ2) is 2.92. The molecule has 0 radical (unpaired) electrons. The summed E-state index contributed by atoms with van der Waals surface area (Å²) in [5, 5.41) is 0.530. The van der Waals surface area contributed by atoms with Gasteiger partial charge in [-0.25, -0.2) is 4.98 Å². The van der Waals surface area contributed by atoms with Crippen molar-refractivity contribution in [2.24, 2.45) is 5.41 Å². The number of oxazole rings is 1. The van der Waals surface area contributed by atoms with Gasteiger partial charge in [0.25, 0.3) is 0 Å². The Hall–Kier alpha value is -1.22. The van der Waals surface area contributed by atoms with Crippen molar-refractivity contribution in [1.29, 1.82) is 0 Å². The number of hydrogen-bond donors (Lipinski definition) is 1. The third-order valence-electron chi connectivity index (χ3n) is 3.33. The number of rotatable bonds is 1. The van der Waals surface area contributed by atoms with Crippen LogP contribution in [-0.4, -0.2) is 4.98 Å². The van der Waals surface area contributed by atoms with E-state index >= 15 is 0 Å². The molecule has 84 valence electrons. The Morgan fingerprint density at radius 1 is 1.50 bits per heavy atom. The van der Waals surface area contributed by atoms with Gasteiger partial charge in [0.15, 0.2) is 11.5 Å². The third-order valence-corrected chi connectivity index (χ3v) is 3.66. The van der Waals surface area contributed by atoms with Crippen LogP contribution in [0.25, 0.3) is 11.1 Å². The van der Waals surface area contributed by atoms with Crippen LogP contribution in [0.3, 0.4) is 0 Å². The number of nitrogens with zero attached hydrogens (tertiary/aromatic N) is 1. The number of nitrogens with two attached hydrogens (primary N) is 1. The van der Waals surface area contributed by atoms with E-state index in [-0.39, 0.29) is 0 Å². The van der Waals surface area contributed by atoms with Crippen molar-refractivity contribution in [3.63, 3.8) is 0 Å². The van der Waals surface area contributed by atoms with Crippen molar-refractivity contribution in [3.8, 4) is 0 Å². The molecule has 4 heteroatoms. The Labute approximate surface area is 98.6 Å². The Kier molecular flexibility index (Phi) is 1.82. The average molecular weight is 237 g/mol. The normalized spacial score (nSPS) is 22.6. The highest BCUT2D eigenvalue weighted by Gasteiger charge is 2.49. The van der Waals surface area contributed by atoms with Gasteiger partial charge in [0, 0.05) is 12.0 Å². The van der Waals surface area contributed by atoms with Crippen molar-refractivity contribution >= 4 is 28.4 Å². The van der Waals surface area contributed by atoms with Gasteiger partial charge in [-0.3, -0.25) is 0 Å². The fourth-order valence-electron chi connectivity index (χ4n) is 2.02. The Balaban J connectivity index is 2.10. The third kappa shape index (κ3) is 1.39. The lowest BCUT2D eigenvalue weighted by atomic mass is 10.1. The van der Waals surface area contributed by atoms with Crippen molar-refractivity contribution in [1.82, 2.24) is 4.98 Å². The van der Waals surface area contributed by atoms with Gasteiger partial charge in [-0.15, -0.1) is 0 Å². The largest absolute Gasteiger partial charge is 0.440 e. The molecule has 1 unspecified atom stereocenters. The van der Waals surface area contributed by atoms with E-state index in [2.05, 4.69) is 18.8 Å². The first-order valence-electron chi connectivity index (χ1n) is 5.33. The average Bonchev–Trinajstić information content (AvgIpc) is 2.66. The van der Waals surface area contributed by atoms with Crippen LogP contribution < -0.4 is 5.73 Å². The first-order chi connectivity index (χ1) is 7.47. The lowest BCUT2D eigenvalue weighted by Crippen LogP contribution is -1.89. The number of anilines is 1. The number of benzene rings is 1. The second-order valence-corrected chi connectivity index (χ2v) is 5.55. The highest BCUT2D eigenvalue weighted by atomic mass is 35.5. The molecule has 1 atom stereocenters. The van der Waals surface area contributed by atoms with E-state index in [0.717, 1.165) is 23.4 Å². The Bertz CT molecular complexity index is 535. The van der Waals surface area contributed by atoms with Gasteiger partial charge in [0.2, 0.25) is 0 Å². The number of hydrogen-bond acceptors (Lipinski definition) is 3. The highest BCUT2D eigenvalue weighted by Crippen LogP contribution is 2.58. The molecule has 1 aliphatic rings. The van der Waals surface area contributed by atoms with E-state index in [0.29, 0.717) is 22.0 Å². The van der Waals surface area contributed by atoms with Crippen molar-refractivity contribution in [3.05, 3.63) is 23.0 Å². The maximum atomic E-state index is 5.94. The molecule has 16 heavy (non-hydrogen) atoms. The molecule has 3 rings (SSSR count). The van der Waals surface area contributed by atoms with E-state index in [1.165, 1.54) is 0 Å². The van der Waals surface area contributed by atoms with Crippen molar-refractivity contribution in [2.45, 2.75) is 26.2 Å². The van der Waals surface area contributed by atoms with E-state index in [9.17, 15) is 0 Å². The van der Waals surface area contributed by atoms with Gasteiger partial charge in [-0.2, -0.15) is 0 Å². The summed E-state index contributed by atoms with van der Waals surface area (Å²) < 4.78 is 5.71. The molecule has 1 fully saturated rings. The fraction of sp³-hybridized carbons (Fsp3) is 0.417. The first-order valence-corrected chi connectivity index (χ1v) is 5.70. The number of halogens is 1. The molecule has 1 aromatic heterocycles. The molecule has 0 amide bonds. The van der Waals surface area contributed by atoms with Crippen LogP contribution in [0, 0.1) is 5.41 Å². The molecule has 1 aliphatic carbocycles. The Morgan fingerprint density at radius 3 is 2.81 bits per heavy atom. The fourth-order valence-corrected chi connectivity index (χ4v) is 2.18. The van der Waals surface area contributed by atoms with Gasteiger partial charge < -0.3 is 10.2 Å². The maximum Gasteiger partial charge on any atom is 0.199 e. The minimum Gasteiger partial charge on any atom is -0.440 e. The topological polar surface area (TPSA) is 52.0 Å². The van der Waals surface area contributed by atoms with E-state index in [4.69, 9.17) is 21.8 Å². The summed E-state index contributed by atoms with van der Waals surface area (Å²) in [6.45, 7) is 4.43. The molecule has 1 saturated carbocycles. The molecule has 1 aromatic carbocycles. The molecule has 2 aromatic rings. The van der Waals surface area contributed by atoms with Crippen LogP contribution in [0.1, 0.15) is 32.1 Å². The van der Waals surface area contributed by atoms with Gasteiger partial charge in [-0.1, -0.05) is 25.4 Å². The van der Waals surface area contributed by atoms with Gasteiger partial charge in [0.05, 0.1) is 10.7 Å². The summed E-state index contributed by atoms with van der Waals surface area (Å²) in [5.41, 5.74) is 8.08. The van der Waals surface area contributed by atoms with Crippen LogP contribution in [-0.2, 0) is 0 Å². The summed E-state index contributed by atoms with van der Waals surface area (Å²) in [5.74, 6) is 1.24. The minimum atomic E-state index is 0.316. The van der Waals surface area contributed by atoms with Gasteiger partial charge in [-0.05, 0) is 17.9 Å². The predicted molar refractivity (Wildman–Crippen MR) is 64.6 cm³/mol. The van der Waals surface area contributed by atoms with Crippen LogP contribution >= 0.6 is 11.6 Å².